The number of benzene rings is 2. The Balaban J connectivity index is 1.48. The third-order valence-electron chi connectivity index (χ3n) is 7.72. The summed E-state index contributed by atoms with van der Waals surface area (Å²) in [4.78, 5) is 0. The maximum absolute atomic E-state index is 15.0. The fourth-order valence-corrected chi connectivity index (χ4v) is 6.15. The van der Waals surface area contributed by atoms with Crippen molar-refractivity contribution in [3.8, 4) is 0 Å². The van der Waals surface area contributed by atoms with Crippen LogP contribution in [0.1, 0.15) is 88.7 Å². The maximum atomic E-state index is 15.0. The van der Waals surface area contributed by atoms with E-state index in [1.807, 2.05) is 13.0 Å². The number of aryl methyl sites for hydroxylation is 1. The van der Waals surface area contributed by atoms with E-state index < -0.39 is 0 Å². The molecule has 2 saturated carbocycles. The van der Waals surface area contributed by atoms with Crippen LogP contribution in [0.15, 0.2) is 42.5 Å². The van der Waals surface area contributed by atoms with E-state index in [2.05, 4.69) is 43.3 Å². The summed E-state index contributed by atoms with van der Waals surface area (Å²) in [6, 6.07) is 10.5. The summed E-state index contributed by atoms with van der Waals surface area (Å²) in [5.41, 5.74) is 2.47. The van der Waals surface area contributed by atoms with Gasteiger partial charge in [-0.25, -0.2) is 4.39 Å². The van der Waals surface area contributed by atoms with E-state index in [1.54, 1.807) is 0 Å². The van der Waals surface area contributed by atoms with Crippen LogP contribution in [-0.4, -0.2) is 0 Å². The highest BCUT2D eigenvalue weighted by molar-refractivity contribution is 5.84. The van der Waals surface area contributed by atoms with Gasteiger partial charge in [0.1, 0.15) is 5.82 Å². The molecular weight excluding hydrogens is 355 g/mol. The molecule has 0 saturated heterocycles. The number of rotatable bonds is 6. The van der Waals surface area contributed by atoms with Gasteiger partial charge in [0.25, 0.3) is 0 Å². The molecule has 2 aromatic carbocycles. The van der Waals surface area contributed by atoms with Gasteiger partial charge in [-0.3, -0.25) is 0 Å². The summed E-state index contributed by atoms with van der Waals surface area (Å²) in [6.07, 6.45) is 17.1. The molecule has 0 nitrogen and oxygen atoms in total. The number of allylic oxidation sites excluding steroid dienone is 2. The second-order valence-electron chi connectivity index (χ2n) is 9.66. The van der Waals surface area contributed by atoms with Gasteiger partial charge in [-0.2, -0.15) is 0 Å². The first-order chi connectivity index (χ1) is 14.2. The zero-order valence-corrected chi connectivity index (χ0v) is 18.3. The minimum atomic E-state index is -0.0286. The summed E-state index contributed by atoms with van der Waals surface area (Å²) < 4.78 is 15.0. The molecular formula is C28H37F. The second-order valence-corrected chi connectivity index (χ2v) is 9.66. The lowest BCUT2D eigenvalue weighted by atomic mass is 9.63. The predicted octanol–water partition coefficient (Wildman–Crippen LogP) is 8.59. The first-order valence-corrected chi connectivity index (χ1v) is 12.0. The Morgan fingerprint density at radius 1 is 1.00 bits per heavy atom. The van der Waals surface area contributed by atoms with Crippen molar-refractivity contribution in [1.82, 2.24) is 0 Å². The lowest BCUT2D eigenvalue weighted by Gasteiger charge is -2.42. The zero-order valence-electron chi connectivity index (χ0n) is 18.3. The van der Waals surface area contributed by atoms with Crippen molar-refractivity contribution in [3.63, 3.8) is 0 Å². The van der Waals surface area contributed by atoms with Crippen LogP contribution >= 0.6 is 0 Å². The highest BCUT2D eigenvalue weighted by Crippen LogP contribution is 2.48. The maximum Gasteiger partial charge on any atom is 0.131 e. The first-order valence-electron chi connectivity index (χ1n) is 12.0. The molecule has 0 amide bonds. The molecule has 4 rings (SSSR count). The zero-order chi connectivity index (χ0) is 20.2. The SMILES string of the molecule is CC=CCCc1ccc2cc(C3CCC4CC(CCC)CCC4C3)cc(F)c2c1. The van der Waals surface area contributed by atoms with Crippen molar-refractivity contribution in [2.24, 2.45) is 17.8 Å². The van der Waals surface area contributed by atoms with E-state index in [4.69, 9.17) is 0 Å². The Bertz CT molecular complexity index is 849. The number of hydrogen-bond acceptors (Lipinski definition) is 0. The highest BCUT2D eigenvalue weighted by atomic mass is 19.1. The van der Waals surface area contributed by atoms with Gasteiger partial charge in [-0.1, -0.05) is 56.5 Å². The minimum Gasteiger partial charge on any atom is -0.206 e. The Labute approximate surface area is 176 Å². The molecule has 2 aliphatic carbocycles. The first kappa shape index (κ1) is 20.6. The summed E-state index contributed by atoms with van der Waals surface area (Å²) in [5.74, 6) is 3.29. The molecule has 4 atom stereocenters. The Morgan fingerprint density at radius 2 is 1.83 bits per heavy atom. The molecule has 0 N–H and O–H groups in total. The molecule has 156 valence electrons. The van der Waals surface area contributed by atoms with Crippen LogP contribution in [-0.2, 0) is 6.42 Å². The largest absolute Gasteiger partial charge is 0.206 e. The number of hydrogen-bond donors (Lipinski definition) is 0. The van der Waals surface area contributed by atoms with Crippen molar-refractivity contribution in [3.05, 3.63) is 59.4 Å². The summed E-state index contributed by atoms with van der Waals surface area (Å²) >= 11 is 0. The van der Waals surface area contributed by atoms with Crippen molar-refractivity contribution in [2.45, 2.75) is 84.0 Å². The minimum absolute atomic E-state index is 0.0286. The van der Waals surface area contributed by atoms with E-state index in [-0.39, 0.29) is 5.82 Å². The molecule has 0 spiro atoms. The average molecular weight is 393 g/mol. The third kappa shape index (κ3) is 4.76. The van der Waals surface area contributed by atoms with Gasteiger partial charge in [0.15, 0.2) is 0 Å². The van der Waals surface area contributed by atoms with Gasteiger partial charge in [-0.15, -0.1) is 0 Å². The van der Waals surface area contributed by atoms with Crippen LogP contribution in [0.3, 0.4) is 0 Å². The number of halogens is 1. The smallest absolute Gasteiger partial charge is 0.131 e. The quantitative estimate of drug-likeness (QED) is 0.432. The highest BCUT2D eigenvalue weighted by Gasteiger charge is 2.35. The van der Waals surface area contributed by atoms with Crippen LogP contribution in [0.5, 0.6) is 0 Å². The Kier molecular flexibility index (Phi) is 6.73. The Hall–Kier alpha value is -1.63. The van der Waals surface area contributed by atoms with E-state index in [9.17, 15) is 0 Å². The molecule has 1 heteroatoms. The molecule has 4 unspecified atom stereocenters. The van der Waals surface area contributed by atoms with Gasteiger partial charge in [-0.05, 0) is 104 Å². The fourth-order valence-electron chi connectivity index (χ4n) is 6.15. The lowest BCUT2D eigenvalue weighted by Crippen LogP contribution is -2.30. The molecule has 0 aliphatic heterocycles. The van der Waals surface area contributed by atoms with Crippen LogP contribution in [0.25, 0.3) is 10.8 Å². The molecule has 0 radical (unpaired) electrons. The number of fused-ring (bicyclic) bond motifs is 2. The molecule has 2 aliphatic rings. The third-order valence-corrected chi connectivity index (χ3v) is 7.72. The van der Waals surface area contributed by atoms with Gasteiger partial charge in [0.05, 0.1) is 0 Å². The van der Waals surface area contributed by atoms with Gasteiger partial charge >= 0.3 is 0 Å². The van der Waals surface area contributed by atoms with Gasteiger partial charge in [0, 0.05) is 5.39 Å². The molecule has 0 bridgehead atoms. The molecule has 0 heterocycles. The molecule has 0 aromatic heterocycles. The predicted molar refractivity (Wildman–Crippen MR) is 123 cm³/mol. The molecule has 2 aromatic rings. The van der Waals surface area contributed by atoms with E-state index >= 15 is 4.39 Å². The normalized spacial score (nSPS) is 27.4. The van der Waals surface area contributed by atoms with E-state index in [1.165, 1.54) is 62.5 Å². The summed E-state index contributed by atoms with van der Waals surface area (Å²) in [6.45, 7) is 4.37. The monoisotopic (exact) mass is 392 g/mol. The topological polar surface area (TPSA) is 0 Å². The van der Waals surface area contributed by atoms with Crippen LogP contribution in [0.2, 0.25) is 0 Å². The van der Waals surface area contributed by atoms with Gasteiger partial charge in [0.2, 0.25) is 0 Å². The van der Waals surface area contributed by atoms with Crippen LogP contribution < -0.4 is 0 Å². The fraction of sp³-hybridized carbons (Fsp3) is 0.571. The Morgan fingerprint density at radius 3 is 2.66 bits per heavy atom. The van der Waals surface area contributed by atoms with E-state index in [0.29, 0.717) is 5.92 Å². The second kappa shape index (κ2) is 9.45. The average Bonchev–Trinajstić information content (AvgIpc) is 2.74. The van der Waals surface area contributed by atoms with Crippen LogP contribution in [0.4, 0.5) is 4.39 Å². The van der Waals surface area contributed by atoms with Crippen molar-refractivity contribution >= 4 is 10.8 Å². The van der Waals surface area contributed by atoms with Crippen molar-refractivity contribution < 1.29 is 4.39 Å². The summed E-state index contributed by atoms with van der Waals surface area (Å²) in [5, 5.41) is 1.86. The van der Waals surface area contributed by atoms with Gasteiger partial charge < -0.3 is 0 Å². The lowest BCUT2D eigenvalue weighted by molar-refractivity contribution is 0.114. The van der Waals surface area contributed by atoms with E-state index in [0.717, 1.165) is 41.4 Å². The van der Waals surface area contributed by atoms with Crippen LogP contribution in [0, 0.1) is 23.6 Å². The van der Waals surface area contributed by atoms with Crippen molar-refractivity contribution in [1.29, 1.82) is 0 Å². The summed E-state index contributed by atoms with van der Waals surface area (Å²) in [7, 11) is 0. The molecule has 29 heavy (non-hydrogen) atoms. The van der Waals surface area contributed by atoms with Crippen molar-refractivity contribution in [2.75, 3.05) is 0 Å². The standard InChI is InChI=1S/C28H37F/c1-3-5-6-8-21-10-12-25-18-26(19-28(29)27(25)16-21)24-14-13-22-15-20(7-4-2)9-11-23(22)17-24/h3,5,10,12,16,18-20,22-24H,4,6-9,11,13-15,17H2,1-2H3. The molecule has 2 fully saturated rings.